The van der Waals surface area contributed by atoms with Gasteiger partial charge >= 0.3 is 0 Å². The number of para-hydroxylation sites is 1. The molecule has 0 saturated heterocycles. The molecule has 0 N–H and O–H groups in total. The van der Waals surface area contributed by atoms with E-state index in [1.54, 1.807) is 7.11 Å². The topological polar surface area (TPSA) is 47.9 Å². The summed E-state index contributed by atoms with van der Waals surface area (Å²) in [5.41, 5.74) is 3.12. The molecule has 0 spiro atoms. The first-order valence-electron chi connectivity index (χ1n) is 6.97. The van der Waals surface area contributed by atoms with Crippen LogP contribution in [0.15, 0.2) is 42.7 Å². The zero-order valence-electron chi connectivity index (χ0n) is 12.2. The van der Waals surface area contributed by atoms with Crippen molar-refractivity contribution in [3.05, 3.63) is 59.8 Å². The third kappa shape index (κ3) is 2.84. The number of rotatable bonds is 4. The number of benzene rings is 1. The van der Waals surface area contributed by atoms with Crippen molar-refractivity contribution < 1.29 is 4.74 Å². The predicted octanol–water partition coefficient (Wildman–Crippen LogP) is 3.13. The number of methoxy groups -OCH3 is 1. The third-order valence-electron chi connectivity index (χ3n) is 3.53. The highest BCUT2D eigenvalue weighted by Crippen LogP contribution is 2.25. The van der Waals surface area contributed by atoms with Crippen molar-refractivity contribution >= 4 is 10.9 Å². The second-order valence-corrected chi connectivity index (χ2v) is 4.94. The van der Waals surface area contributed by atoms with E-state index in [1.165, 1.54) is 5.56 Å². The lowest BCUT2D eigenvalue weighted by Crippen LogP contribution is -2.02. The number of fused-ring (bicyclic) bond motifs is 1. The molecule has 0 bridgehead atoms. The number of nitrogens with zero attached hydrogens (tertiary/aromatic N) is 3. The van der Waals surface area contributed by atoms with Gasteiger partial charge in [0.2, 0.25) is 0 Å². The van der Waals surface area contributed by atoms with Crippen LogP contribution in [-0.4, -0.2) is 22.1 Å². The first-order valence-corrected chi connectivity index (χ1v) is 6.97. The Bertz CT molecular complexity index is 757. The van der Waals surface area contributed by atoms with Crippen molar-refractivity contribution in [3.63, 3.8) is 0 Å². The molecule has 3 aromatic rings. The first-order chi connectivity index (χ1) is 10.3. The molecule has 21 heavy (non-hydrogen) atoms. The molecule has 4 heteroatoms. The van der Waals surface area contributed by atoms with Crippen LogP contribution in [0.1, 0.15) is 17.1 Å². The minimum atomic E-state index is 0.795. The Morgan fingerprint density at radius 3 is 2.57 bits per heavy atom. The van der Waals surface area contributed by atoms with E-state index in [0.717, 1.165) is 41.0 Å². The lowest BCUT2D eigenvalue weighted by atomic mass is 10.1. The van der Waals surface area contributed by atoms with Gasteiger partial charge in [-0.3, -0.25) is 4.98 Å². The van der Waals surface area contributed by atoms with E-state index in [4.69, 9.17) is 4.74 Å². The van der Waals surface area contributed by atoms with E-state index in [1.807, 2.05) is 49.6 Å². The van der Waals surface area contributed by atoms with Gasteiger partial charge in [0.1, 0.15) is 17.1 Å². The Morgan fingerprint density at radius 2 is 1.81 bits per heavy atom. The zero-order chi connectivity index (χ0) is 14.7. The fraction of sp³-hybridized carbons (Fsp3) is 0.235. The number of aryl methyl sites for hydroxylation is 3. The lowest BCUT2D eigenvalue weighted by molar-refractivity contribution is 0.418. The van der Waals surface area contributed by atoms with Crippen molar-refractivity contribution in [2.24, 2.45) is 0 Å². The van der Waals surface area contributed by atoms with Crippen LogP contribution in [0.4, 0.5) is 0 Å². The summed E-state index contributed by atoms with van der Waals surface area (Å²) < 4.78 is 5.40. The minimum Gasteiger partial charge on any atom is -0.494 e. The highest BCUT2D eigenvalue weighted by Gasteiger charge is 2.09. The molecule has 0 unspecified atom stereocenters. The summed E-state index contributed by atoms with van der Waals surface area (Å²) in [6, 6.07) is 9.97. The smallest absolute Gasteiger partial charge is 0.145 e. The van der Waals surface area contributed by atoms with Gasteiger partial charge in [-0.25, -0.2) is 9.97 Å². The van der Waals surface area contributed by atoms with Crippen molar-refractivity contribution in [3.8, 4) is 5.75 Å². The first kappa shape index (κ1) is 13.5. The predicted molar refractivity (Wildman–Crippen MR) is 82.5 cm³/mol. The van der Waals surface area contributed by atoms with Crippen LogP contribution >= 0.6 is 0 Å². The van der Waals surface area contributed by atoms with Gasteiger partial charge < -0.3 is 4.74 Å². The molecule has 0 aliphatic rings. The van der Waals surface area contributed by atoms with Gasteiger partial charge in [-0.2, -0.15) is 0 Å². The second-order valence-electron chi connectivity index (χ2n) is 4.94. The fourth-order valence-electron chi connectivity index (χ4n) is 2.42. The number of hydrogen-bond acceptors (Lipinski definition) is 4. The van der Waals surface area contributed by atoms with Gasteiger partial charge in [-0.1, -0.05) is 12.1 Å². The van der Waals surface area contributed by atoms with E-state index in [2.05, 4.69) is 15.0 Å². The zero-order valence-corrected chi connectivity index (χ0v) is 12.2. The van der Waals surface area contributed by atoms with Gasteiger partial charge in [-0.15, -0.1) is 0 Å². The van der Waals surface area contributed by atoms with Gasteiger partial charge in [-0.05, 0) is 37.1 Å². The summed E-state index contributed by atoms with van der Waals surface area (Å²) in [6.07, 6.45) is 5.33. The third-order valence-corrected chi connectivity index (χ3v) is 3.53. The molecular formula is C17H17N3O. The van der Waals surface area contributed by atoms with E-state index in [9.17, 15) is 0 Å². The fourth-order valence-corrected chi connectivity index (χ4v) is 2.42. The van der Waals surface area contributed by atoms with Gasteiger partial charge in [0.25, 0.3) is 0 Å². The van der Waals surface area contributed by atoms with Crippen LogP contribution in [0.25, 0.3) is 10.9 Å². The molecule has 3 rings (SSSR count). The maximum Gasteiger partial charge on any atom is 0.145 e. The molecule has 0 aliphatic carbocycles. The summed E-state index contributed by atoms with van der Waals surface area (Å²) in [7, 11) is 1.67. The molecule has 0 amide bonds. The van der Waals surface area contributed by atoms with E-state index >= 15 is 0 Å². The summed E-state index contributed by atoms with van der Waals surface area (Å²) in [5, 5.41) is 1.04. The standard InChI is InChI=1S/C17H17N3O/c1-12-14-4-3-5-15(21-2)17(14)20-16(19-12)7-6-13-8-10-18-11-9-13/h3-5,8-11H,6-7H2,1-2H3. The van der Waals surface area contributed by atoms with E-state index < -0.39 is 0 Å². The molecule has 0 aliphatic heterocycles. The second kappa shape index (κ2) is 5.87. The molecule has 0 saturated carbocycles. The summed E-state index contributed by atoms with van der Waals surface area (Å²) in [5.74, 6) is 1.64. The Balaban J connectivity index is 1.92. The van der Waals surface area contributed by atoms with Crippen LogP contribution in [0.3, 0.4) is 0 Å². The maximum absolute atomic E-state index is 5.40. The molecule has 1 aromatic carbocycles. The summed E-state index contributed by atoms with van der Waals surface area (Å²) in [4.78, 5) is 13.3. The van der Waals surface area contributed by atoms with Crippen molar-refractivity contribution in [2.75, 3.05) is 7.11 Å². The van der Waals surface area contributed by atoms with Crippen LogP contribution < -0.4 is 4.74 Å². The monoisotopic (exact) mass is 279 g/mol. The molecular weight excluding hydrogens is 262 g/mol. The van der Waals surface area contributed by atoms with Crippen LogP contribution in [0.5, 0.6) is 5.75 Å². The van der Waals surface area contributed by atoms with Crippen LogP contribution in [0, 0.1) is 6.92 Å². The maximum atomic E-state index is 5.40. The van der Waals surface area contributed by atoms with E-state index in [-0.39, 0.29) is 0 Å². The number of aromatic nitrogens is 3. The van der Waals surface area contributed by atoms with Crippen LogP contribution in [-0.2, 0) is 12.8 Å². The van der Waals surface area contributed by atoms with E-state index in [0.29, 0.717) is 0 Å². The van der Waals surface area contributed by atoms with Crippen LogP contribution in [0.2, 0.25) is 0 Å². The highest BCUT2D eigenvalue weighted by atomic mass is 16.5. The van der Waals surface area contributed by atoms with Gasteiger partial charge in [0, 0.05) is 29.9 Å². The minimum absolute atomic E-state index is 0.795. The molecule has 106 valence electrons. The average Bonchev–Trinajstić information content (AvgIpc) is 2.53. The summed E-state index contributed by atoms with van der Waals surface area (Å²) >= 11 is 0. The van der Waals surface area contributed by atoms with Crippen molar-refractivity contribution in [1.82, 2.24) is 15.0 Å². The Kier molecular flexibility index (Phi) is 3.77. The number of ether oxygens (including phenoxy) is 1. The Labute approximate surface area is 123 Å². The van der Waals surface area contributed by atoms with Crippen molar-refractivity contribution in [2.45, 2.75) is 19.8 Å². The molecule has 2 heterocycles. The highest BCUT2D eigenvalue weighted by molar-refractivity contribution is 5.86. The normalized spacial score (nSPS) is 10.8. The largest absolute Gasteiger partial charge is 0.494 e. The SMILES string of the molecule is COc1cccc2c(C)nc(CCc3ccncc3)nc12. The number of hydrogen-bond donors (Lipinski definition) is 0. The Hall–Kier alpha value is -2.49. The number of pyridine rings is 1. The quantitative estimate of drug-likeness (QED) is 0.736. The molecule has 4 nitrogen and oxygen atoms in total. The van der Waals surface area contributed by atoms with Crippen molar-refractivity contribution in [1.29, 1.82) is 0 Å². The average molecular weight is 279 g/mol. The summed E-state index contributed by atoms with van der Waals surface area (Å²) in [6.45, 7) is 2.01. The van der Waals surface area contributed by atoms with Gasteiger partial charge in [0.05, 0.1) is 7.11 Å². The molecule has 2 aromatic heterocycles. The van der Waals surface area contributed by atoms with Gasteiger partial charge in [0.15, 0.2) is 0 Å². The molecule has 0 atom stereocenters. The lowest BCUT2D eigenvalue weighted by Gasteiger charge is -2.09. The molecule has 0 radical (unpaired) electrons. The molecule has 0 fully saturated rings. The Morgan fingerprint density at radius 1 is 1.00 bits per heavy atom.